The Morgan fingerprint density at radius 1 is 0.579 bits per heavy atom. The number of rotatable bonds is 5. The van der Waals surface area contributed by atoms with Gasteiger partial charge in [0, 0.05) is 64.6 Å². The predicted octanol–water partition coefficient (Wildman–Crippen LogP) is 15.5. The molecule has 14 aromatic rings. The Labute approximate surface area is 469 Å². The van der Waals surface area contributed by atoms with E-state index >= 15 is 0 Å². The largest absolute Gasteiger partial charge is 2.00 e. The molecule has 0 fully saturated rings. The van der Waals surface area contributed by atoms with Crippen LogP contribution in [0.1, 0.15) is 15.1 Å². The van der Waals surface area contributed by atoms with Gasteiger partial charge in [-0.05, 0) is 91.1 Å². The Bertz CT molecular complexity index is 5260. The van der Waals surface area contributed by atoms with Crippen molar-refractivity contribution in [2.45, 2.75) is 13.0 Å². The molecule has 6 nitrogen and oxygen atoms in total. The summed E-state index contributed by atoms with van der Waals surface area (Å²) in [6.45, 7) is -5.72. The first-order valence-electron chi connectivity index (χ1n) is 30.1. The van der Waals surface area contributed by atoms with Crippen molar-refractivity contribution in [3.8, 4) is 84.3 Å². The smallest absolute Gasteiger partial charge is 0.509 e. The maximum Gasteiger partial charge on any atom is 2.00 e. The first kappa shape index (κ1) is 34.6. The predicted molar refractivity (Wildman–Crippen MR) is 306 cm³/mol. The van der Waals surface area contributed by atoms with Gasteiger partial charge in [-0.3, -0.25) is 0 Å². The molecule has 0 amide bonds. The summed E-state index contributed by atoms with van der Waals surface area (Å²) in [5.74, 6) is 0.945. The molecule has 360 valence electrons. The van der Waals surface area contributed by atoms with E-state index in [4.69, 9.17) is 26.5 Å². The second-order valence-electron chi connectivity index (χ2n) is 19.1. The van der Waals surface area contributed by atoms with Gasteiger partial charge in [0.15, 0.2) is 11.0 Å². The van der Waals surface area contributed by atoms with Crippen LogP contribution in [-0.2, 0) is 21.1 Å². The van der Waals surface area contributed by atoms with Crippen molar-refractivity contribution in [3.05, 3.63) is 237 Å². The number of benzene rings is 10. The number of pyridine rings is 1. The molecular weight excluding hydrogens is 1130 g/mol. The molecule has 0 unspecified atom stereocenters. The molecule has 0 bridgehead atoms. The number of aromatic nitrogens is 4. The maximum atomic E-state index is 9.26. The number of nitrogens with zero attached hydrogens (tertiary/aromatic N) is 4. The average Bonchev–Trinajstić information content (AvgIpc) is 1.56. The SMILES string of the molecule is [2H]c1c([2H])c([2H])c(-c2cccc3c2-[n+]2cn(-c4[c-]c(Oc5[c-]c6c(cc5)c5c7oc8ccccc8c7ccc5n6-c5cc6c(cn5)-c5ccccc5[Si]6(C([2H])([2H])[2H])C([2H])([2H])[2H])ccc4)c4cccc(c42)-c2ccccc2-c2ccccc2-3)c([2H])c1[2H].[Pt+2]. The molecule has 16 rings (SSSR count). The van der Waals surface area contributed by atoms with E-state index in [1.807, 2.05) is 131 Å². The fraction of sp³-hybridized carbons (Fsp3) is 0.0294. The van der Waals surface area contributed by atoms with Gasteiger partial charge >= 0.3 is 21.1 Å². The van der Waals surface area contributed by atoms with Crippen LogP contribution in [0.4, 0.5) is 0 Å². The summed E-state index contributed by atoms with van der Waals surface area (Å²) in [7, 11) is -4.57. The Morgan fingerprint density at radius 3 is 2.08 bits per heavy atom. The number of ether oxygens (including phenoxy) is 1. The number of para-hydroxylation sites is 3. The van der Waals surface area contributed by atoms with Gasteiger partial charge in [0.2, 0.25) is 0 Å². The van der Waals surface area contributed by atoms with Gasteiger partial charge in [-0.25, -0.2) is 9.55 Å². The summed E-state index contributed by atoms with van der Waals surface area (Å²) < 4.78 is 118. The molecular formula is C68H43N4O2PtSi+. The maximum absolute atomic E-state index is 9.26. The van der Waals surface area contributed by atoms with Crippen LogP contribution in [0, 0.1) is 12.1 Å². The quantitative estimate of drug-likeness (QED) is 0.0980. The van der Waals surface area contributed by atoms with Gasteiger partial charge in [0.05, 0.1) is 6.85 Å². The Balaban J connectivity index is 0.00000638. The average molecular weight is 1180 g/mol. The van der Waals surface area contributed by atoms with Crippen LogP contribution in [0.15, 0.2) is 229 Å². The molecule has 8 heteroatoms. The van der Waals surface area contributed by atoms with E-state index in [0.717, 1.165) is 66.0 Å². The Kier molecular flexibility index (Phi) is 7.65. The number of fused-ring (bicyclic) bond motifs is 17. The summed E-state index contributed by atoms with van der Waals surface area (Å²) in [6.07, 6.45) is 3.55. The molecule has 0 atom stereocenters. The first-order valence-corrected chi connectivity index (χ1v) is 26.6. The van der Waals surface area contributed by atoms with E-state index in [9.17, 15) is 2.74 Å². The molecule has 0 aliphatic carbocycles. The molecule has 10 aromatic carbocycles. The molecule has 0 saturated heterocycles. The molecule has 0 N–H and O–H groups in total. The molecule has 0 spiro atoms. The van der Waals surface area contributed by atoms with Crippen molar-refractivity contribution in [2.75, 3.05) is 0 Å². The third kappa shape index (κ3) is 6.43. The van der Waals surface area contributed by atoms with Gasteiger partial charge in [-0.1, -0.05) is 175 Å². The van der Waals surface area contributed by atoms with Crippen molar-refractivity contribution >= 4 is 73.2 Å². The van der Waals surface area contributed by atoms with E-state index in [1.54, 1.807) is 42.6 Å². The normalized spacial score (nSPS) is 15.3. The van der Waals surface area contributed by atoms with Gasteiger partial charge < -0.3 is 13.7 Å². The van der Waals surface area contributed by atoms with E-state index in [1.165, 1.54) is 0 Å². The van der Waals surface area contributed by atoms with Gasteiger partial charge in [0.25, 0.3) is 6.33 Å². The molecule has 2 aliphatic rings. The Hall–Kier alpha value is -8.87. The minimum absolute atomic E-state index is 0. The molecule has 4 aromatic heterocycles. The van der Waals surface area contributed by atoms with E-state index in [-0.39, 0.29) is 43.9 Å². The van der Waals surface area contributed by atoms with Crippen LogP contribution in [0.5, 0.6) is 11.5 Å². The number of furan rings is 1. The monoisotopic (exact) mass is 1180 g/mol. The molecule has 0 saturated carbocycles. The van der Waals surface area contributed by atoms with Crippen molar-refractivity contribution in [2.24, 2.45) is 0 Å². The minimum Gasteiger partial charge on any atom is -0.509 e. The first-order chi connectivity index (χ1) is 41.5. The second-order valence-corrected chi connectivity index (χ2v) is 21.6. The third-order valence-electron chi connectivity index (χ3n) is 15.1. The topological polar surface area (TPSA) is 49.0 Å². The number of hydrogen-bond donors (Lipinski definition) is 0. The fourth-order valence-corrected chi connectivity index (χ4v) is 14.0. The van der Waals surface area contributed by atoms with Gasteiger partial charge in [-0.2, -0.15) is 16.7 Å². The van der Waals surface area contributed by atoms with E-state index < -0.39 is 39.2 Å². The summed E-state index contributed by atoms with van der Waals surface area (Å²) in [5.41, 5.74) is 12.3. The van der Waals surface area contributed by atoms with Crippen molar-refractivity contribution in [1.29, 1.82) is 0 Å². The van der Waals surface area contributed by atoms with E-state index in [0.29, 0.717) is 72.8 Å². The van der Waals surface area contributed by atoms with Crippen LogP contribution in [0.3, 0.4) is 0 Å². The van der Waals surface area contributed by atoms with Gasteiger partial charge in [0.1, 0.15) is 30.7 Å². The van der Waals surface area contributed by atoms with Crippen molar-refractivity contribution < 1.29 is 49.9 Å². The van der Waals surface area contributed by atoms with Crippen LogP contribution in [0.2, 0.25) is 13.0 Å². The van der Waals surface area contributed by atoms with Crippen LogP contribution in [0.25, 0.3) is 128 Å². The van der Waals surface area contributed by atoms with Crippen LogP contribution in [-0.4, -0.2) is 22.2 Å². The van der Waals surface area contributed by atoms with E-state index in [2.05, 4.69) is 47.0 Å². The summed E-state index contributed by atoms with van der Waals surface area (Å²) in [4.78, 5) is 5.02. The van der Waals surface area contributed by atoms with Gasteiger partial charge in [-0.15, -0.1) is 24.3 Å². The zero-order valence-corrected chi connectivity index (χ0v) is 43.2. The van der Waals surface area contributed by atoms with Crippen molar-refractivity contribution in [1.82, 2.24) is 14.1 Å². The Morgan fingerprint density at radius 2 is 1.25 bits per heavy atom. The zero-order chi connectivity index (χ0) is 58.9. The number of hydrogen-bond acceptors (Lipinski definition) is 3. The van der Waals surface area contributed by atoms with Crippen molar-refractivity contribution in [3.63, 3.8) is 0 Å². The standard InChI is InChI=1S/C68H43N4O2Si.Pt/c1-75(2)62-32-13-11-26-52(62)57-40-69-64(39-63(57)75)72-58-36-35-55-51-25-10-12-31-61(51)74-68(55)65(58)56-34-33-45(38-60(56)72)73-44-20-14-19-43(37-44)70-41-71-66-46(42-17-4-3-5-18-42)27-15-28-53(66)49-23-8-6-21-47(49)48-22-7-9-24-50(48)54-29-16-30-59(70)67(54)71;/h3-36,39-41H,1-2H3;/q-1;+2/i1D3,2D3,3D,4D,5D,17D,18D;. The third-order valence-corrected chi connectivity index (χ3v) is 17.5. The summed E-state index contributed by atoms with van der Waals surface area (Å²) in [6, 6.07) is 62.9. The summed E-state index contributed by atoms with van der Waals surface area (Å²) in [5, 5.41) is 3.89. The molecule has 76 heavy (non-hydrogen) atoms. The van der Waals surface area contributed by atoms with Crippen LogP contribution >= 0.6 is 0 Å². The molecule has 2 aliphatic heterocycles. The fourth-order valence-electron chi connectivity index (χ4n) is 11.8. The van der Waals surface area contributed by atoms with Crippen LogP contribution < -0.4 is 19.7 Å². The second kappa shape index (κ2) is 16.8. The summed E-state index contributed by atoms with van der Waals surface area (Å²) >= 11 is 0. The zero-order valence-electron chi connectivity index (χ0n) is 50.9. The number of imidazole rings is 1. The molecule has 6 heterocycles. The molecule has 0 radical (unpaired) electrons. The minimum atomic E-state index is -4.57.